The highest BCUT2D eigenvalue weighted by Crippen LogP contribution is 2.30. The van der Waals surface area contributed by atoms with Crippen LogP contribution >= 0.6 is 0 Å². The lowest BCUT2D eigenvalue weighted by Gasteiger charge is -2.35. The van der Waals surface area contributed by atoms with Crippen molar-refractivity contribution in [2.75, 3.05) is 0 Å². The van der Waals surface area contributed by atoms with Gasteiger partial charge in [0.15, 0.2) is 0 Å². The van der Waals surface area contributed by atoms with Gasteiger partial charge in [0.05, 0.1) is 0 Å². The van der Waals surface area contributed by atoms with Crippen LogP contribution in [0.4, 0.5) is 0 Å². The van der Waals surface area contributed by atoms with E-state index in [-0.39, 0.29) is 0 Å². The van der Waals surface area contributed by atoms with Crippen LogP contribution in [-0.2, 0) is 0 Å². The molecule has 0 aromatic heterocycles. The number of hydrogen-bond donors (Lipinski definition) is 1. The average molecular weight is 181 g/mol. The molecule has 0 bridgehead atoms. The summed E-state index contributed by atoms with van der Waals surface area (Å²) in [5.74, 6) is 1.00. The molecule has 0 spiro atoms. The third-order valence-corrected chi connectivity index (χ3v) is 3.96. The van der Waals surface area contributed by atoms with Gasteiger partial charge >= 0.3 is 0 Å². The molecule has 1 atom stereocenters. The zero-order valence-electron chi connectivity index (χ0n) is 8.89. The largest absolute Gasteiger partial charge is 0.311 e. The van der Waals surface area contributed by atoms with Gasteiger partial charge in [0.2, 0.25) is 0 Å². The summed E-state index contributed by atoms with van der Waals surface area (Å²) in [6, 6.07) is 1.64. The molecular formula is C12H23N. The van der Waals surface area contributed by atoms with Gasteiger partial charge in [-0.05, 0) is 38.5 Å². The second-order valence-electron chi connectivity index (χ2n) is 4.98. The smallest absolute Gasteiger partial charge is 0.00696 e. The highest BCUT2D eigenvalue weighted by Gasteiger charge is 2.25. The van der Waals surface area contributed by atoms with Crippen molar-refractivity contribution in [1.82, 2.24) is 5.32 Å². The molecular weight excluding hydrogens is 158 g/mol. The number of hydrogen-bond acceptors (Lipinski definition) is 1. The first kappa shape index (κ1) is 9.51. The molecule has 1 N–H and O–H groups in total. The summed E-state index contributed by atoms with van der Waals surface area (Å²) in [4.78, 5) is 0. The van der Waals surface area contributed by atoms with Crippen LogP contribution in [0.25, 0.3) is 0 Å². The molecule has 1 nitrogen and oxygen atoms in total. The van der Waals surface area contributed by atoms with E-state index >= 15 is 0 Å². The van der Waals surface area contributed by atoms with E-state index in [1.165, 1.54) is 51.4 Å². The fourth-order valence-corrected chi connectivity index (χ4v) is 2.72. The van der Waals surface area contributed by atoms with E-state index in [0.29, 0.717) is 0 Å². The van der Waals surface area contributed by atoms with Gasteiger partial charge in [-0.3, -0.25) is 0 Å². The maximum Gasteiger partial charge on any atom is 0.00696 e. The second-order valence-corrected chi connectivity index (χ2v) is 4.98. The molecule has 0 aromatic rings. The van der Waals surface area contributed by atoms with Gasteiger partial charge in [-0.25, -0.2) is 0 Å². The first-order valence-electron chi connectivity index (χ1n) is 6.12. The fourth-order valence-electron chi connectivity index (χ4n) is 2.72. The van der Waals surface area contributed by atoms with E-state index in [0.717, 1.165) is 18.0 Å². The third-order valence-electron chi connectivity index (χ3n) is 3.96. The first-order valence-corrected chi connectivity index (χ1v) is 6.12. The topological polar surface area (TPSA) is 12.0 Å². The Labute approximate surface area is 82.3 Å². The van der Waals surface area contributed by atoms with Crippen molar-refractivity contribution in [2.45, 2.75) is 70.4 Å². The number of nitrogens with one attached hydrogen (secondary N) is 1. The van der Waals surface area contributed by atoms with Crippen LogP contribution in [0.2, 0.25) is 0 Å². The Hall–Kier alpha value is -0.0400. The van der Waals surface area contributed by atoms with Crippen LogP contribution < -0.4 is 5.32 Å². The molecule has 13 heavy (non-hydrogen) atoms. The summed E-state index contributed by atoms with van der Waals surface area (Å²) in [5.41, 5.74) is 0. The molecule has 0 radical (unpaired) electrons. The standard InChI is InChI=1S/C12H23N/c1-10(11-6-5-7-11)13-12-8-3-2-4-9-12/h10-13H,2-9H2,1H3/t10-/m0/s1. The second kappa shape index (κ2) is 4.45. The fraction of sp³-hybridized carbons (Fsp3) is 1.00. The van der Waals surface area contributed by atoms with Crippen LogP contribution in [-0.4, -0.2) is 12.1 Å². The SMILES string of the molecule is C[C@H](NC1CCCCC1)C1CCC1. The summed E-state index contributed by atoms with van der Waals surface area (Å²) < 4.78 is 0. The summed E-state index contributed by atoms with van der Waals surface area (Å²) >= 11 is 0. The van der Waals surface area contributed by atoms with E-state index in [1.54, 1.807) is 0 Å². The summed E-state index contributed by atoms with van der Waals surface area (Å²) in [7, 11) is 0. The molecule has 0 aliphatic heterocycles. The van der Waals surface area contributed by atoms with Gasteiger partial charge < -0.3 is 5.32 Å². The maximum atomic E-state index is 3.82. The van der Waals surface area contributed by atoms with Crippen LogP contribution in [0.5, 0.6) is 0 Å². The molecule has 0 unspecified atom stereocenters. The van der Waals surface area contributed by atoms with Crippen LogP contribution in [0.15, 0.2) is 0 Å². The maximum absolute atomic E-state index is 3.82. The zero-order chi connectivity index (χ0) is 9.10. The molecule has 76 valence electrons. The molecule has 0 amide bonds. The van der Waals surface area contributed by atoms with Gasteiger partial charge in [0.1, 0.15) is 0 Å². The van der Waals surface area contributed by atoms with Crippen molar-refractivity contribution in [3.05, 3.63) is 0 Å². The van der Waals surface area contributed by atoms with Crippen molar-refractivity contribution < 1.29 is 0 Å². The van der Waals surface area contributed by atoms with Crippen molar-refractivity contribution in [2.24, 2.45) is 5.92 Å². The van der Waals surface area contributed by atoms with Gasteiger partial charge in [-0.15, -0.1) is 0 Å². The molecule has 0 heterocycles. The molecule has 2 aliphatic rings. The van der Waals surface area contributed by atoms with Gasteiger partial charge in [-0.2, -0.15) is 0 Å². The minimum absolute atomic E-state index is 0.789. The first-order chi connectivity index (χ1) is 6.36. The summed E-state index contributed by atoms with van der Waals surface area (Å²) in [6.07, 6.45) is 11.7. The molecule has 0 aromatic carbocycles. The van der Waals surface area contributed by atoms with Crippen LogP contribution in [0.1, 0.15) is 58.3 Å². The Morgan fingerprint density at radius 2 is 1.62 bits per heavy atom. The van der Waals surface area contributed by atoms with E-state index in [9.17, 15) is 0 Å². The highest BCUT2D eigenvalue weighted by atomic mass is 15.0. The Bertz CT molecular complexity index is 145. The molecule has 1 heteroatoms. The molecule has 0 saturated heterocycles. The lowest BCUT2D eigenvalue weighted by molar-refractivity contribution is 0.212. The normalized spacial score (nSPS) is 28.4. The van der Waals surface area contributed by atoms with Gasteiger partial charge in [0.25, 0.3) is 0 Å². The van der Waals surface area contributed by atoms with E-state index in [2.05, 4.69) is 12.2 Å². The van der Waals surface area contributed by atoms with E-state index in [1.807, 2.05) is 0 Å². The summed E-state index contributed by atoms with van der Waals surface area (Å²) in [6.45, 7) is 2.39. The lowest BCUT2D eigenvalue weighted by atomic mass is 9.80. The number of rotatable bonds is 3. The minimum atomic E-state index is 0.789. The molecule has 2 saturated carbocycles. The van der Waals surface area contributed by atoms with Crippen LogP contribution in [0.3, 0.4) is 0 Å². The molecule has 2 aliphatic carbocycles. The predicted octanol–water partition coefficient (Wildman–Crippen LogP) is 3.10. The predicted molar refractivity (Wildman–Crippen MR) is 56.8 cm³/mol. The highest BCUT2D eigenvalue weighted by molar-refractivity contribution is 4.83. The van der Waals surface area contributed by atoms with Crippen molar-refractivity contribution in [3.8, 4) is 0 Å². The third kappa shape index (κ3) is 2.46. The molecule has 2 rings (SSSR count). The Kier molecular flexibility index (Phi) is 3.26. The van der Waals surface area contributed by atoms with Crippen molar-refractivity contribution in [1.29, 1.82) is 0 Å². The van der Waals surface area contributed by atoms with Crippen molar-refractivity contribution in [3.63, 3.8) is 0 Å². The Morgan fingerprint density at radius 1 is 0.923 bits per heavy atom. The monoisotopic (exact) mass is 181 g/mol. The Morgan fingerprint density at radius 3 is 2.15 bits per heavy atom. The van der Waals surface area contributed by atoms with Gasteiger partial charge in [-0.1, -0.05) is 25.7 Å². The summed E-state index contributed by atoms with van der Waals surface area (Å²) in [5, 5.41) is 3.82. The lowest BCUT2D eigenvalue weighted by Crippen LogP contribution is -2.43. The van der Waals surface area contributed by atoms with Crippen LogP contribution in [0, 0.1) is 5.92 Å². The Balaban J connectivity index is 1.69. The van der Waals surface area contributed by atoms with Crippen molar-refractivity contribution >= 4 is 0 Å². The van der Waals surface area contributed by atoms with Gasteiger partial charge in [0, 0.05) is 12.1 Å². The zero-order valence-corrected chi connectivity index (χ0v) is 8.89. The minimum Gasteiger partial charge on any atom is -0.311 e. The van der Waals surface area contributed by atoms with E-state index in [4.69, 9.17) is 0 Å². The van der Waals surface area contributed by atoms with E-state index < -0.39 is 0 Å². The quantitative estimate of drug-likeness (QED) is 0.705. The molecule has 2 fully saturated rings. The average Bonchev–Trinajstić information content (AvgIpc) is 2.02.